The number of carboxylic acids is 1. The zero-order chi connectivity index (χ0) is 8.72. The van der Waals surface area contributed by atoms with Gasteiger partial charge in [0.15, 0.2) is 5.69 Å². The summed E-state index contributed by atoms with van der Waals surface area (Å²) in [5.74, 6) is -1.13. The summed E-state index contributed by atoms with van der Waals surface area (Å²) in [6.07, 6.45) is 0. The fourth-order valence-corrected chi connectivity index (χ4v) is 1.36. The van der Waals surface area contributed by atoms with Crippen molar-refractivity contribution in [1.82, 2.24) is 9.55 Å². The number of carbonyl (C=O) groups is 1. The number of hydrogen-bond donors (Lipinski definition) is 1. The topological polar surface area (TPSA) is 64.3 Å². The van der Waals surface area contributed by atoms with Crippen LogP contribution in [0.25, 0.3) is 0 Å². The third-order valence-corrected chi connectivity index (χ3v) is 2.00. The van der Waals surface area contributed by atoms with Crippen LogP contribution in [0.3, 0.4) is 0 Å². The molecule has 0 aromatic carbocycles. The van der Waals surface area contributed by atoms with Gasteiger partial charge in [-0.25, -0.2) is 4.79 Å². The van der Waals surface area contributed by atoms with Crippen LogP contribution in [0.5, 0.6) is 6.01 Å². The molecule has 2 rings (SSSR count). The summed E-state index contributed by atoms with van der Waals surface area (Å²) in [5, 5.41) is 8.74. The Kier molecular flexibility index (Phi) is 1.47. The Hall–Kier alpha value is -1.23. The van der Waals surface area contributed by atoms with Gasteiger partial charge < -0.3 is 9.84 Å². The SMILES string of the molecule is O=C(O)c1nc2n(c1Cl)CCO2. The molecule has 0 radical (unpaired) electrons. The fourth-order valence-electron chi connectivity index (χ4n) is 1.08. The molecule has 2 heterocycles. The van der Waals surface area contributed by atoms with E-state index < -0.39 is 5.97 Å². The average molecular weight is 189 g/mol. The van der Waals surface area contributed by atoms with Crippen molar-refractivity contribution in [3.05, 3.63) is 10.8 Å². The van der Waals surface area contributed by atoms with Gasteiger partial charge in [0.25, 0.3) is 6.01 Å². The number of aromatic carboxylic acids is 1. The maximum Gasteiger partial charge on any atom is 0.357 e. The van der Waals surface area contributed by atoms with E-state index in [0.29, 0.717) is 13.2 Å². The first-order valence-electron chi connectivity index (χ1n) is 3.32. The van der Waals surface area contributed by atoms with Crippen molar-refractivity contribution in [3.8, 4) is 6.01 Å². The summed E-state index contributed by atoms with van der Waals surface area (Å²) >= 11 is 5.70. The van der Waals surface area contributed by atoms with Crippen LogP contribution in [0.1, 0.15) is 10.5 Å². The van der Waals surface area contributed by atoms with Gasteiger partial charge in [-0.05, 0) is 0 Å². The molecule has 0 atom stereocenters. The fraction of sp³-hybridized carbons (Fsp3) is 0.333. The molecule has 1 aromatic heterocycles. The van der Waals surface area contributed by atoms with Crippen LogP contribution < -0.4 is 4.74 Å². The van der Waals surface area contributed by atoms with Gasteiger partial charge in [0.2, 0.25) is 0 Å². The second-order valence-corrected chi connectivity index (χ2v) is 2.70. The smallest absolute Gasteiger partial charge is 0.357 e. The largest absolute Gasteiger partial charge is 0.476 e. The molecule has 6 heteroatoms. The molecule has 64 valence electrons. The highest BCUT2D eigenvalue weighted by Crippen LogP contribution is 2.26. The highest BCUT2D eigenvalue weighted by Gasteiger charge is 2.24. The molecule has 0 amide bonds. The van der Waals surface area contributed by atoms with Gasteiger partial charge in [-0.3, -0.25) is 4.57 Å². The first-order chi connectivity index (χ1) is 5.70. The van der Waals surface area contributed by atoms with Crippen LogP contribution in [-0.2, 0) is 6.54 Å². The van der Waals surface area contributed by atoms with Crippen molar-refractivity contribution >= 4 is 17.6 Å². The molecular weight excluding hydrogens is 184 g/mol. The zero-order valence-corrected chi connectivity index (χ0v) is 6.71. The van der Waals surface area contributed by atoms with Gasteiger partial charge in [0.05, 0.1) is 6.54 Å². The average Bonchev–Trinajstić information content (AvgIpc) is 2.53. The van der Waals surface area contributed by atoms with E-state index in [1.165, 1.54) is 4.57 Å². The number of nitrogens with zero attached hydrogens (tertiary/aromatic N) is 2. The zero-order valence-electron chi connectivity index (χ0n) is 5.95. The molecule has 0 saturated carbocycles. The molecule has 0 bridgehead atoms. The van der Waals surface area contributed by atoms with E-state index in [1.807, 2.05) is 0 Å². The number of ether oxygens (including phenoxy) is 1. The molecule has 5 nitrogen and oxygen atoms in total. The Morgan fingerprint density at radius 1 is 1.75 bits per heavy atom. The van der Waals surface area contributed by atoms with E-state index in [4.69, 9.17) is 21.4 Å². The van der Waals surface area contributed by atoms with Gasteiger partial charge in [-0.1, -0.05) is 11.6 Å². The van der Waals surface area contributed by atoms with Gasteiger partial charge in [0, 0.05) is 0 Å². The van der Waals surface area contributed by atoms with Crippen LogP contribution in [0.2, 0.25) is 5.15 Å². The highest BCUT2D eigenvalue weighted by molar-refractivity contribution is 6.32. The molecule has 12 heavy (non-hydrogen) atoms. The molecule has 1 aliphatic heterocycles. The molecule has 0 spiro atoms. The lowest BCUT2D eigenvalue weighted by atomic mass is 10.5. The monoisotopic (exact) mass is 188 g/mol. The third-order valence-electron chi connectivity index (χ3n) is 1.62. The number of imidazole rings is 1. The van der Waals surface area contributed by atoms with E-state index >= 15 is 0 Å². The van der Waals surface area contributed by atoms with Crippen molar-refractivity contribution in [2.75, 3.05) is 6.61 Å². The van der Waals surface area contributed by atoms with E-state index in [1.54, 1.807) is 0 Å². The Morgan fingerprint density at radius 3 is 3.08 bits per heavy atom. The molecule has 0 saturated heterocycles. The third kappa shape index (κ3) is 0.863. The van der Waals surface area contributed by atoms with Crippen LogP contribution >= 0.6 is 11.6 Å². The number of aromatic nitrogens is 2. The predicted octanol–water partition coefficient (Wildman–Crippen LogP) is 0.627. The van der Waals surface area contributed by atoms with Gasteiger partial charge in [-0.2, -0.15) is 4.98 Å². The van der Waals surface area contributed by atoms with Crippen LogP contribution in [0.4, 0.5) is 0 Å². The van der Waals surface area contributed by atoms with Gasteiger partial charge in [-0.15, -0.1) is 0 Å². The van der Waals surface area contributed by atoms with Crippen LogP contribution in [-0.4, -0.2) is 27.2 Å². The summed E-state index contributed by atoms with van der Waals surface area (Å²) < 4.78 is 6.55. The van der Waals surface area contributed by atoms with Crippen LogP contribution in [0, 0.1) is 0 Å². The molecule has 1 aromatic rings. The maximum atomic E-state index is 10.5. The first kappa shape index (κ1) is 7.42. The van der Waals surface area contributed by atoms with Crippen molar-refractivity contribution in [2.45, 2.75) is 6.54 Å². The molecule has 1 aliphatic rings. The molecule has 0 aliphatic carbocycles. The lowest BCUT2D eigenvalue weighted by Crippen LogP contribution is -2.01. The minimum Gasteiger partial charge on any atom is -0.476 e. The van der Waals surface area contributed by atoms with Crippen molar-refractivity contribution in [3.63, 3.8) is 0 Å². The summed E-state index contributed by atoms with van der Waals surface area (Å²) in [5.41, 5.74) is -0.147. The normalized spacial score (nSPS) is 14.1. The van der Waals surface area contributed by atoms with E-state index in [0.717, 1.165) is 0 Å². The van der Waals surface area contributed by atoms with Crippen molar-refractivity contribution < 1.29 is 14.6 Å². The molecule has 0 unspecified atom stereocenters. The number of rotatable bonds is 1. The number of halogens is 1. The minimum atomic E-state index is -1.13. The number of hydrogen-bond acceptors (Lipinski definition) is 3. The summed E-state index contributed by atoms with van der Waals surface area (Å²) in [7, 11) is 0. The van der Waals surface area contributed by atoms with Crippen LogP contribution in [0.15, 0.2) is 0 Å². The Balaban J connectivity index is 2.54. The second-order valence-electron chi connectivity index (χ2n) is 2.34. The Morgan fingerprint density at radius 2 is 2.50 bits per heavy atom. The van der Waals surface area contributed by atoms with E-state index in [2.05, 4.69) is 4.98 Å². The first-order valence-corrected chi connectivity index (χ1v) is 3.70. The lowest BCUT2D eigenvalue weighted by molar-refractivity contribution is 0.0690. The Bertz CT molecular complexity index is 347. The standard InChI is InChI=1S/C6H5ClN2O3/c7-4-3(5(10)11)8-6-9(4)1-2-12-6/h1-2H2,(H,10,11). The maximum absolute atomic E-state index is 10.5. The van der Waals surface area contributed by atoms with Gasteiger partial charge >= 0.3 is 5.97 Å². The molecular formula is C6H5ClN2O3. The van der Waals surface area contributed by atoms with Crippen molar-refractivity contribution in [2.24, 2.45) is 0 Å². The predicted molar refractivity (Wildman–Crippen MR) is 39.7 cm³/mol. The van der Waals surface area contributed by atoms with Gasteiger partial charge in [0.1, 0.15) is 11.8 Å². The lowest BCUT2D eigenvalue weighted by Gasteiger charge is -1.92. The second kappa shape index (κ2) is 2.38. The Labute approximate surface area is 72.5 Å². The van der Waals surface area contributed by atoms with Crippen molar-refractivity contribution in [1.29, 1.82) is 0 Å². The number of fused-ring (bicyclic) bond motifs is 1. The highest BCUT2D eigenvalue weighted by atomic mass is 35.5. The summed E-state index contributed by atoms with van der Waals surface area (Å²) in [6.45, 7) is 1.07. The quantitative estimate of drug-likeness (QED) is 0.702. The minimum absolute atomic E-state index is 0.134. The summed E-state index contributed by atoms with van der Waals surface area (Å²) in [6, 6.07) is 0.289. The van der Waals surface area contributed by atoms with E-state index in [9.17, 15) is 4.79 Å². The molecule has 0 fully saturated rings. The van der Waals surface area contributed by atoms with E-state index in [-0.39, 0.29) is 16.9 Å². The number of carboxylic acid groups (broad SMARTS) is 1. The summed E-state index contributed by atoms with van der Waals surface area (Å²) in [4.78, 5) is 14.2. The molecule has 1 N–H and O–H groups in total.